The van der Waals surface area contributed by atoms with Crippen LogP contribution in [0.3, 0.4) is 0 Å². The number of nitrogens with zero attached hydrogens (tertiary/aromatic N) is 1. The molecule has 1 aromatic carbocycles. The third-order valence-electron chi connectivity index (χ3n) is 3.51. The molecular formula is C16H24BrN3O. The number of nitrogens with two attached hydrogens (primary N) is 1. The maximum absolute atomic E-state index is 11.7. The quantitative estimate of drug-likeness (QED) is 0.851. The summed E-state index contributed by atoms with van der Waals surface area (Å²) in [6.45, 7) is 10.8. The Morgan fingerprint density at radius 1 is 1.24 bits per heavy atom. The minimum absolute atomic E-state index is 0.131. The molecular weight excluding hydrogens is 330 g/mol. The van der Waals surface area contributed by atoms with Crippen molar-refractivity contribution >= 4 is 33.2 Å². The van der Waals surface area contributed by atoms with Gasteiger partial charge in [-0.2, -0.15) is 0 Å². The maximum atomic E-state index is 11.7. The van der Waals surface area contributed by atoms with E-state index in [9.17, 15) is 4.79 Å². The highest BCUT2D eigenvalue weighted by Crippen LogP contribution is 2.38. The first-order valence-corrected chi connectivity index (χ1v) is 8.23. The van der Waals surface area contributed by atoms with Crippen LogP contribution in [0.4, 0.5) is 11.4 Å². The fourth-order valence-corrected chi connectivity index (χ4v) is 3.30. The summed E-state index contributed by atoms with van der Waals surface area (Å²) in [6, 6.07) is 3.45. The number of halogens is 1. The molecule has 0 saturated carbocycles. The van der Waals surface area contributed by atoms with Gasteiger partial charge in [0.1, 0.15) is 6.04 Å². The number of anilines is 2. The Labute approximate surface area is 135 Å². The van der Waals surface area contributed by atoms with E-state index in [2.05, 4.69) is 53.8 Å². The summed E-state index contributed by atoms with van der Waals surface area (Å²) in [7, 11) is 0. The van der Waals surface area contributed by atoms with Crippen molar-refractivity contribution in [3.63, 3.8) is 0 Å². The largest absolute Gasteiger partial charge is 0.370 e. The fourth-order valence-electron chi connectivity index (χ4n) is 2.69. The summed E-state index contributed by atoms with van der Waals surface area (Å²) in [4.78, 5) is 14.1. The van der Waals surface area contributed by atoms with Crippen molar-refractivity contribution in [2.45, 2.75) is 33.7 Å². The number of fused-ring (bicyclic) bond motifs is 1. The van der Waals surface area contributed by atoms with Crippen LogP contribution in [0, 0.1) is 11.8 Å². The van der Waals surface area contributed by atoms with Crippen LogP contribution in [0.2, 0.25) is 0 Å². The Morgan fingerprint density at radius 2 is 1.81 bits per heavy atom. The topological polar surface area (TPSA) is 58.4 Å². The summed E-state index contributed by atoms with van der Waals surface area (Å²) in [6.07, 6.45) is 0. The Hall–Kier alpha value is -1.07. The molecule has 0 spiro atoms. The van der Waals surface area contributed by atoms with Gasteiger partial charge in [-0.3, -0.25) is 4.79 Å². The Balaban J connectivity index is 2.38. The van der Waals surface area contributed by atoms with Crippen LogP contribution >= 0.6 is 15.9 Å². The molecule has 1 atom stereocenters. The first-order chi connectivity index (χ1) is 9.79. The van der Waals surface area contributed by atoms with Crippen molar-refractivity contribution in [1.82, 2.24) is 0 Å². The van der Waals surface area contributed by atoms with Crippen LogP contribution in [0.5, 0.6) is 0 Å². The van der Waals surface area contributed by atoms with Gasteiger partial charge in [0.2, 0.25) is 5.91 Å². The zero-order chi connectivity index (χ0) is 15.7. The smallest absolute Gasteiger partial charge is 0.245 e. The molecule has 0 radical (unpaired) electrons. The van der Waals surface area contributed by atoms with Crippen LogP contribution in [-0.2, 0) is 4.79 Å². The molecule has 4 nitrogen and oxygen atoms in total. The highest BCUT2D eigenvalue weighted by molar-refractivity contribution is 9.10. The van der Waals surface area contributed by atoms with E-state index in [0.717, 1.165) is 34.5 Å². The van der Waals surface area contributed by atoms with E-state index in [1.165, 1.54) is 0 Å². The third kappa shape index (κ3) is 3.58. The molecule has 0 aliphatic carbocycles. The molecule has 1 unspecified atom stereocenters. The molecule has 1 aliphatic heterocycles. The Kier molecular flexibility index (Phi) is 4.94. The first kappa shape index (κ1) is 16.3. The average molecular weight is 354 g/mol. The monoisotopic (exact) mass is 353 g/mol. The minimum Gasteiger partial charge on any atom is -0.370 e. The van der Waals surface area contributed by atoms with Crippen LogP contribution in [0.25, 0.3) is 0 Å². The minimum atomic E-state index is -0.561. The molecule has 1 amide bonds. The number of nitrogens with one attached hydrogen (secondary N) is 1. The van der Waals surface area contributed by atoms with E-state index >= 15 is 0 Å². The number of amides is 1. The first-order valence-electron chi connectivity index (χ1n) is 7.44. The molecule has 0 bridgehead atoms. The highest BCUT2D eigenvalue weighted by atomic mass is 79.9. The summed E-state index contributed by atoms with van der Waals surface area (Å²) in [5, 5.41) is 2.86. The van der Waals surface area contributed by atoms with Crippen LogP contribution < -0.4 is 16.0 Å². The molecule has 1 heterocycles. The highest BCUT2D eigenvalue weighted by Gasteiger charge is 2.29. The summed E-state index contributed by atoms with van der Waals surface area (Å²) in [5.41, 5.74) is 8.72. The van der Waals surface area contributed by atoms with E-state index in [0.29, 0.717) is 11.8 Å². The predicted molar refractivity (Wildman–Crippen MR) is 91.6 cm³/mol. The van der Waals surface area contributed by atoms with Gasteiger partial charge in [-0.05, 0) is 39.9 Å². The van der Waals surface area contributed by atoms with Gasteiger partial charge in [0.15, 0.2) is 0 Å². The third-order valence-corrected chi connectivity index (χ3v) is 4.14. The van der Waals surface area contributed by atoms with E-state index < -0.39 is 6.04 Å². The van der Waals surface area contributed by atoms with Crippen molar-refractivity contribution < 1.29 is 4.79 Å². The maximum Gasteiger partial charge on any atom is 0.245 e. The molecule has 5 heteroatoms. The molecule has 21 heavy (non-hydrogen) atoms. The van der Waals surface area contributed by atoms with Crippen LogP contribution in [-0.4, -0.2) is 19.0 Å². The lowest BCUT2D eigenvalue weighted by Crippen LogP contribution is -2.31. The Morgan fingerprint density at radius 3 is 2.33 bits per heavy atom. The number of hydrogen-bond donors (Lipinski definition) is 2. The lowest BCUT2D eigenvalue weighted by molar-refractivity contribution is -0.116. The van der Waals surface area contributed by atoms with Gasteiger partial charge < -0.3 is 16.0 Å². The van der Waals surface area contributed by atoms with E-state index in [-0.39, 0.29) is 5.91 Å². The number of benzene rings is 1. The van der Waals surface area contributed by atoms with Crippen LogP contribution in [0.1, 0.15) is 39.3 Å². The van der Waals surface area contributed by atoms with Gasteiger partial charge >= 0.3 is 0 Å². The van der Waals surface area contributed by atoms with Crippen molar-refractivity contribution in [3.05, 3.63) is 22.2 Å². The van der Waals surface area contributed by atoms with Gasteiger partial charge in [-0.1, -0.05) is 27.7 Å². The second kappa shape index (κ2) is 6.36. The zero-order valence-corrected chi connectivity index (χ0v) is 14.7. The average Bonchev–Trinajstić information content (AvgIpc) is 2.63. The molecule has 3 N–H and O–H groups in total. The molecule has 0 fully saturated rings. The zero-order valence-electron chi connectivity index (χ0n) is 13.1. The van der Waals surface area contributed by atoms with E-state index in [1.807, 2.05) is 12.1 Å². The SMILES string of the molecule is CC(C)CN(CC(C)C)c1cc2c(cc1Br)C(N)C(=O)N2. The summed E-state index contributed by atoms with van der Waals surface area (Å²) in [5.74, 6) is 1.01. The predicted octanol–water partition coefficient (Wildman–Crippen LogP) is 3.52. The van der Waals surface area contributed by atoms with Gasteiger partial charge in [0.25, 0.3) is 0 Å². The molecule has 0 aromatic heterocycles. The van der Waals surface area contributed by atoms with E-state index in [4.69, 9.17) is 5.73 Å². The Bertz CT molecular complexity index is 533. The fraction of sp³-hybridized carbons (Fsp3) is 0.562. The van der Waals surface area contributed by atoms with Gasteiger partial charge in [0.05, 0.1) is 5.69 Å². The second-order valence-corrected chi connectivity index (χ2v) is 7.40. The molecule has 0 saturated heterocycles. The summed E-state index contributed by atoms with van der Waals surface area (Å²) >= 11 is 3.64. The van der Waals surface area contributed by atoms with Gasteiger partial charge in [-0.25, -0.2) is 0 Å². The summed E-state index contributed by atoms with van der Waals surface area (Å²) < 4.78 is 0.995. The standard InChI is InChI=1S/C16H24BrN3O/c1-9(2)7-20(8-10(3)4)14-6-13-11(5-12(14)17)15(18)16(21)19-13/h5-6,9-10,15H,7-8,18H2,1-4H3,(H,19,21). The number of rotatable bonds is 5. The lowest BCUT2D eigenvalue weighted by atomic mass is 10.1. The van der Waals surface area contributed by atoms with Crippen molar-refractivity contribution in [2.24, 2.45) is 17.6 Å². The van der Waals surface area contributed by atoms with Gasteiger partial charge in [0, 0.05) is 28.8 Å². The normalized spacial score (nSPS) is 17.3. The molecule has 2 rings (SSSR count). The van der Waals surface area contributed by atoms with Gasteiger partial charge in [-0.15, -0.1) is 0 Å². The van der Waals surface area contributed by atoms with Crippen molar-refractivity contribution in [2.75, 3.05) is 23.3 Å². The number of hydrogen-bond acceptors (Lipinski definition) is 3. The number of carbonyl (C=O) groups is 1. The molecule has 1 aromatic rings. The lowest BCUT2D eigenvalue weighted by Gasteiger charge is -2.30. The second-order valence-electron chi connectivity index (χ2n) is 6.55. The van der Waals surface area contributed by atoms with Crippen molar-refractivity contribution in [3.8, 4) is 0 Å². The molecule has 116 valence electrons. The van der Waals surface area contributed by atoms with Crippen LogP contribution in [0.15, 0.2) is 16.6 Å². The van der Waals surface area contributed by atoms with Crippen molar-refractivity contribution in [1.29, 1.82) is 0 Å². The molecule has 1 aliphatic rings. The number of carbonyl (C=O) groups excluding carboxylic acids is 1. The van der Waals surface area contributed by atoms with E-state index in [1.54, 1.807) is 0 Å².